The maximum absolute atomic E-state index is 13.7. The molecule has 0 saturated carbocycles. The van der Waals surface area contributed by atoms with Crippen LogP contribution in [0.5, 0.6) is 0 Å². The first-order chi connectivity index (χ1) is 16.3. The molecule has 2 amide bonds. The standard InChI is InChI=1S/C26H23F3N2O3/c27-26(28,29)21-16-20(30-25(33)23-7-4-14-34-23)12-13-22(21)31-24(32)15-17-8-10-19(11-9-17)18-5-2-1-3-6-18/h1-3,5-6,8-13,16,23H,4,7,14-15H2,(H,30,33)(H,31,32). The third-order valence-corrected chi connectivity index (χ3v) is 5.51. The zero-order chi connectivity index (χ0) is 24.1. The van der Waals surface area contributed by atoms with E-state index < -0.39 is 29.7 Å². The van der Waals surface area contributed by atoms with Crippen molar-refractivity contribution in [2.24, 2.45) is 0 Å². The third kappa shape index (κ3) is 5.82. The summed E-state index contributed by atoms with van der Waals surface area (Å²) in [5.74, 6) is -1.06. The second-order valence-electron chi connectivity index (χ2n) is 8.04. The Bertz CT molecular complexity index is 1160. The second kappa shape index (κ2) is 10.1. The molecule has 1 saturated heterocycles. The summed E-state index contributed by atoms with van der Waals surface area (Å²) in [5, 5.41) is 4.81. The van der Waals surface area contributed by atoms with E-state index in [0.717, 1.165) is 29.7 Å². The van der Waals surface area contributed by atoms with Crippen LogP contribution in [0.3, 0.4) is 0 Å². The molecule has 1 atom stereocenters. The number of amides is 2. The van der Waals surface area contributed by atoms with E-state index in [4.69, 9.17) is 4.74 Å². The number of alkyl halides is 3. The average molecular weight is 468 g/mol. The highest BCUT2D eigenvalue weighted by Crippen LogP contribution is 2.37. The summed E-state index contributed by atoms with van der Waals surface area (Å²) in [5.41, 5.74) is 1.26. The van der Waals surface area contributed by atoms with Gasteiger partial charge < -0.3 is 15.4 Å². The van der Waals surface area contributed by atoms with E-state index in [-0.39, 0.29) is 17.8 Å². The van der Waals surface area contributed by atoms with Gasteiger partial charge in [0.25, 0.3) is 5.91 Å². The average Bonchev–Trinajstić information content (AvgIpc) is 3.36. The normalized spacial score (nSPS) is 15.7. The summed E-state index contributed by atoms with van der Waals surface area (Å²) in [4.78, 5) is 24.7. The summed E-state index contributed by atoms with van der Waals surface area (Å²) in [6, 6.07) is 20.3. The Morgan fingerprint density at radius 2 is 1.62 bits per heavy atom. The first kappa shape index (κ1) is 23.5. The van der Waals surface area contributed by atoms with Crippen LogP contribution in [0.25, 0.3) is 11.1 Å². The van der Waals surface area contributed by atoms with Gasteiger partial charge >= 0.3 is 6.18 Å². The summed E-state index contributed by atoms with van der Waals surface area (Å²) in [6.07, 6.45) is -4.21. The molecule has 2 N–H and O–H groups in total. The van der Waals surface area contributed by atoms with Crippen molar-refractivity contribution in [3.63, 3.8) is 0 Å². The zero-order valence-corrected chi connectivity index (χ0v) is 18.2. The van der Waals surface area contributed by atoms with Gasteiger partial charge in [-0.2, -0.15) is 13.2 Å². The molecule has 4 rings (SSSR count). The lowest BCUT2D eigenvalue weighted by molar-refractivity contribution is -0.137. The van der Waals surface area contributed by atoms with Gasteiger partial charge in [-0.25, -0.2) is 0 Å². The molecule has 0 bridgehead atoms. The lowest BCUT2D eigenvalue weighted by Gasteiger charge is -2.17. The number of carbonyl (C=O) groups excluding carboxylic acids is 2. The van der Waals surface area contributed by atoms with E-state index in [1.807, 2.05) is 42.5 Å². The van der Waals surface area contributed by atoms with Crippen molar-refractivity contribution < 1.29 is 27.5 Å². The van der Waals surface area contributed by atoms with Crippen molar-refractivity contribution in [3.8, 4) is 11.1 Å². The quantitative estimate of drug-likeness (QED) is 0.490. The lowest BCUT2D eigenvalue weighted by Crippen LogP contribution is -2.27. The van der Waals surface area contributed by atoms with E-state index in [0.29, 0.717) is 18.6 Å². The fraction of sp³-hybridized carbons (Fsp3) is 0.231. The third-order valence-electron chi connectivity index (χ3n) is 5.51. The van der Waals surface area contributed by atoms with E-state index in [2.05, 4.69) is 10.6 Å². The first-order valence-corrected chi connectivity index (χ1v) is 10.9. The molecule has 3 aromatic carbocycles. The molecule has 34 heavy (non-hydrogen) atoms. The molecular weight excluding hydrogens is 445 g/mol. The van der Waals surface area contributed by atoms with Gasteiger partial charge in [0.2, 0.25) is 5.91 Å². The molecule has 1 heterocycles. The Labute approximate surface area is 194 Å². The molecule has 0 spiro atoms. The molecule has 3 aromatic rings. The molecule has 5 nitrogen and oxygen atoms in total. The smallest absolute Gasteiger partial charge is 0.368 e. The summed E-state index contributed by atoms with van der Waals surface area (Å²) >= 11 is 0. The molecule has 176 valence electrons. The fourth-order valence-corrected chi connectivity index (χ4v) is 3.80. The predicted molar refractivity (Wildman–Crippen MR) is 123 cm³/mol. The van der Waals surface area contributed by atoms with E-state index in [9.17, 15) is 22.8 Å². The molecule has 1 aliphatic rings. The van der Waals surface area contributed by atoms with Crippen LogP contribution in [0.4, 0.5) is 24.5 Å². The Kier molecular flexibility index (Phi) is 6.98. The zero-order valence-electron chi connectivity index (χ0n) is 18.2. The van der Waals surface area contributed by atoms with E-state index in [1.54, 1.807) is 12.1 Å². The molecule has 8 heteroatoms. The Morgan fingerprint density at radius 1 is 0.912 bits per heavy atom. The minimum Gasteiger partial charge on any atom is -0.368 e. The largest absolute Gasteiger partial charge is 0.418 e. The maximum atomic E-state index is 13.7. The van der Waals surface area contributed by atoms with Crippen LogP contribution >= 0.6 is 0 Å². The van der Waals surface area contributed by atoms with Crippen molar-refractivity contribution in [1.29, 1.82) is 0 Å². The number of hydrogen-bond acceptors (Lipinski definition) is 3. The first-order valence-electron chi connectivity index (χ1n) is 10.9. The van der Waals surface area contributed by atoms with Crippen LogP contribution in [0.15, 0.2) is 72.8 Å². The Hall–Kier alpha value is -3.65. The number of halogens is 3. The number of anilines is 2. The van der Waals surface area contributed by atoms with Crippen LogP contribution in [-0.4, -0.2) is 24.5 Å². The van der Waals surface area contributed by atoms with Crippen molar-refractivity contribution in [2.75, 3.05) is 17.2 Å². The van der Waals surface area contributed by atoms with Crippen molar-refractivity contribution >= 4 is 23.2 Å². The van der Waals surface area contributed by atoms with Crippen molar-refractivity contribution in [2.45, 2.75) is 31.5 Å². The van der Waals surface area contributed by atoms with Crippen LogP contribution < -0.4 is 10.6 Å². The number of benzene rings is 3. The second-order valence-corrected chi connectivity index (χ2v) is 8.04. The topological polar surface area (TPSA) is 67.4 Å². The molecule has 0 aromatic heterocycles. The van der Waals surface area contributed by atoms with Gasteiger partial charge in [-0.15, -0.1) is 0 Å². The fourth-order valence-electron chi connectivity index (χ4n) is 3.80. The van der Waals surface area contributed by atoms with Gasteiger partial charge in [0, 0.05) is 12.3 Å². The molecular formula is C26H23F3N2O3. The van der Waals surface area contributed by atoms with Gasteiger partial charge in [0.15, 0.2) is 0 Å². The van der Waals surface area contributed by atoms with Gasteiger partial charge in [-0.05, 0) is 47.7 Å². The van der Waals surface area contributed by atoms with Gasteiger partial charge in [-0.3, -0.25) is 9.59 Å². The van der Waals surface area contributed by atoms with Gasteiger partial charge in [-0.1, -0.05) is 54.6 Å². The summed E-state index contributed by atoms with van der Waals surface area (Å²) in [7, 11) is 0. The molecule has 0 aliphatic carbocycles. The van der Waals surface area contributed by atoms with Gasteiger partial charge in [0.1, 0.15) is 6.10 Å². The van der Waals surface area contributed by atoms with Crippen LogP contribution in [0.1, 0.15) is 24.0 Å². The Balaban J connectivity index is 1.44. The van der Waals surface area contributed by atoms with Crippen molar-refractivity contribution in [3.05, 3.63) is 83.9 Å². The summed E-state index contributed by atoms with van der Waals surface area (Å²) < 4.78 is 46.2. The van der Waals surface area contributed by atoms with Crippen LogP contribution in [-0.2, 0) is 26.9 Å². The monoisotopic (exact) mass is 468 g/mol. The SMILES string of the molecule is O=C(Cc1ccc(-c2ccccc2)cc1)Nc1ccc(NC(=O)C2CCCO2)cc1C(F)(F)F. The highest BCUT2D eigenvalue weighted by Gasteiger charge is 2.34. The van der Waals surface area contributed by atoms with Crippen molar-refractivity contribution in [1.82, 2.24) is 0 Å². The van der Waals surface area contributed by atoms with Crippen LogP contribution in [0.2, 0.25) is 0 Å². The highest BCUT2D eigenvalue weighted by atomic mass is 19.4. The number of hydrogen-bond donors (Lipinski definition) is 2. The minimum absolute atomic E-state index is 0.0117. The van der Waals surface area contributed by atoms with E-state index >= 15 is 0 Å². The number of ether oxygens (including phenoxy) is 1. The lowest BCUT2D eigenvalue weighted by atomic mass is 10.0. The number of nitrogens with one attached hydrogen (secondary N) is 2. The summed E-state index contributed by atoms with van der Waals surface area (Å²) in [6.45, 7) is 0.450. The van der Waals surface area contributed by atoms with Crippen LogP contribution in [0, 0.1) is 0 Å². The maximum Gasteiger partial charge on any atom is 0.418 e. The number of carbonyl (C=O) groups is 2. The van der Waals surface area contributed by atoms with Gasteiger partial charge in [0.05, 0.1) is 17.7 Å². The molecule has 1 unspecified atom stereocenters. The molecule has 1 fully saturated rings. The predicted octanol–water partition coefficient (Wildman–Crippen LogP) is 5.67. The number of rotatable bonds is 6. The molecule has 1 aliphatic heterocycles. The Morgan fingerprint density at radius 3 is 2.26 bits per heavy atom. The van der Waals surface area contributed by atoms with E-state index in [1.165, 1.54) is 6.07 Å². The molecule has 0 radical (unpaired) electrons. The minimum atomic E-state index is -4.72. The highest BCUT2D eigenvalue weighted by molar-refractivity contribution is 5.96.